The molecule has 0 aromatic rings. The van der Waals surface area contributed by atoms with Crippen LogP contribution in [0.4, 0.5) is 0 Å². The fourth-order valence-corrected chi connectivity index (χ4v) is 0. The molecule has 0 aromatic carbocycles. The van der Waals surface area contributed by atoms with Crippen molar-refractivity contribution < 1.29 is 40.4 Å². The van der Waals surface area contributed by atoms with Crippen LogP contribution < -0.4 is 0 Å². The van der Waals surface area contributed by atoms with Crippen LogP contribution in [0.5, 0.6) is 0 Å². The van der Waals surface area contributed by atoms with Crippen LogP contribution in [0.15, 0.2) is 0 Å². The van der Waals surface area contributed by atoms with Crippen LogP contribution in [0.2, 0.25) is 0 Å². The largest absolute Gasteiger partial charge is 2.00 e. The summed E-state index contributed by atoms with van der Waals surface area (Å²) in [6, 6.07) is 0. The molecule has 0 unspecified atom stereocenters. The monoisotopic (exact) mass is 296 g/mol. The third-order valence-corrected chi connectivity index (χ3v) is 0. The molecule has 0 bridgehead atoms. The van der Waals surface area contributed by atoms with E-state index in [1.807, 2.05) is 0 Å². The van der Waals surface area contributed by atoms with Gasteiger partial charge in [-0.2, -0.15) is 0 Å². The molecule has 4 heavy (non-hydrogen) atoms. The zero-order valence-corrected chi connectivity index (χ0v) is 8.27. The average Bonchev–Trinajstić information content (AvgIpc) is 0. The minimum atomic E-state index is 0. The SMILES string of the molecule is [H-].[H-].[Mg+2].[Ni].[Si].[W]. The van der Waals surface area contributed by atoms with Gasteiger partial charge in [0.25, 0.3) is 0 Å². The zero-order chi connectivity index (χ0) is 0. The topological polar surface area (TPSA) is 0 Å². The Bertz CT molecular complexity index is 13.5. The van der Waals surface area contributed by atoms with Gasteiger partial charge >= 0.3 is 23.1 Å². The molecule has 0 aliphatic rings. The van der Waals surface area contributed by atoms with Crippen LogP contribution in [0, 0.1) is 0 Å². The van der Waals surface area contributed by atoms with Gasteiger partial charge in [0.1, 0.15) is 0 Å². The fourth-order valence-electron chi connectivity index (χ4n) is 0. The molecule has 0 aromatic heterocycles. The van der Waals surface area contributed by atoms with E-state index in [1.165, 1.54) is 0 Å². The van der Waals surface area contributed by atoms with E-state index in [9.17, 15) is 0 Å². The Kier molecular flexibility index (Phi) is 168. The second-order valence-electron chi connectivity index (χ2n) is 0. The fraction of sp³-hybridized carbons (Fsp3) is 0. The molecule has 4 radical (unpaired) electrons. The third kappa shape index (κ3) is 8.90. The van der Waals surface area contributed by atoms with Gasteiger partial charge in [0.2, 0.25) is 0 Å². The first kappa shape index (κ1) is 35.1. The Morgan fingerprint density at radius 2 is 1.25 bits per heavy atom. The predicted octanol–water partition coefficient (Wildman–Crippen LogP) is -0.542. The van der Waals surface area contributed by atoms with Gasteiger partial charge in [0.05, 0.1) is 0 Å². The van der Waals surface area contributed by atoms with Gasteiger partial charge in [-0.15, -0.1) is 0 Å². The van der Waals surface area contributed by atoms with Crippen molar-refractivity contribution in [1.82, 2.24) is 0 Å². The molecule has 0 saturated carbocycles. The number of hydrogen-bond donors (Lipinski definition) is 0. The number of rotatable bonds is 0. The van der Waals surface area contributed by atoms with Crippen molar-refractivity contribution in [2.75, 3.05) is 0 Å². The van der Waals surface area contributed by atoms with Crippen molar-refractivity contribution in [3.05, 3.63) is 0 Å². The molecule has 0 aliphatic heterocycles. The van der Waals surface area contributed by atoms with Crippen LogP contribution in [-0.4, -0.2) is 34.0 Å². The van der Waals surface area contributed by atoms with Gasteiger partial charge < -0.3 is 2.85 Å². The summed E-state index contributed by atoms with van der Waals surface area (Å²) in [5.41, 5.74) is 0. The normalized spacial score (nSPS) is 0. The summed E-state index contributed by atoms with van der Waals surface area (Å²) in [6.07, 6.45) is 0. The summed E-state index contributed by atoms with van der Waals surface area (Å²) in [5, 5.41) is 0. The van der Waals surface area contributed by atoms with E-state index in [2.05, 4.69) is 0 Å². The van der Waals surface area contributed by atoms with Crippen molar-refractivity contribution in [3.63, 3.8) is 0 Å². The molecule has 0 saturated heterocycles. The molecule has 0 N–H and O–H groups in total. The zero-order valence-electron chi connectivity index (χ0n) is 3.93. The maximum Gasteiger partial charge on any atom is 2.00 e. The smallest absolute Gasteiger partial charge is 1.00 e. The van der Waals surface area contributed by atoms with Crippen molar-refractivity contribution in [3.8, 4) is 0 Å². The molecule has 0 nitrogen and oxygen atoms in total. The standard InChI is InChI=1S/Mg.Ni.Si.W.2H/q+2;;;;2*-1. The van der Waals surface area contributed by atoms with Gasteiger partial charge in [-0.3, -0.25) is 0 Å². The third-order valence-electron chi connectivity index (χ3n) is 0. The molecular weight excluding hydrogens is 295 g/mol. The summed E-state index contributed by atoms with van der Waals surface area (Å²) in [4.78, 5) is 0. The van der Waals surface area contributed by atoms with Crippen molar-refractivity contribution in [2.24, 2.45) is 0 Å². The quantitative estimate of drug-likeness (QED) is 0.527. The molecule has 4 heteroatoms. The van der Waals surface area contributed by atoms with Crippen LogP contribution in [-0.2, 0) is 37.6 Å². The van der Waals surface area contributed by atoms with E-state index < -0.39 is 0 Å². The first-order valence-electron chi connectivity index (χ1n) is 0. The van der Waals surface area contributed by atoms with E-state index in [0.717, 1.165) is 0 Å². The Labute approximate surface area is 73.8 Å². The second-order valence-corrected chi connectivity index (χ2v) is 0. The molecule has 0 amide bonds. The molecule has 0 rings (SSSR count). The van der Waals surface area contributed by atoms with Gasteiger partial charge in [-0.25, -0.2) is 0 Å². The Balaban J connectivity index is 0. The maximum atomic E-state index is 0. The summed E-state index contributed by atoms with van der Waals surface area (Å²) in [5.74, 6) is 0. The second kappa shape index (κ2) is 19.1. The molecular formula is H2MgNiSiW. The summed E-state index contributed by atoms with van der Waals surface area (Å²) in [6.45, 7) is 0. The van der Waals surface area contributed by atoms with Gasteiger partial charge in [0, 0.05) is 48.5 Å². The number of hydrogen-bond acceptors (Lipinski definition) is 0. The molecule has 0 atom stereocenters. The van der Waals surface area contributed by atoms with E-state index in [4.69, 9.17) is 0 Å². The van der Waals surface area contributed by atoms with E-state index in [1.54, 1.807) is 0 Å². The minimum absolute atomic E-state index is 0. The molecule has 0 heterocycles. The Hall–Kier alpha value is 2.16. The molecule has 0 spiro atoms. The summed E-state index contributed by atoms with van der Waals surface area (Å²) in [7, 11) is 0. The first-order chi connectivity index (χ1) is 0. The average molecular weight is 297 g/mol. The van der Waals surface area contributed by atoms with E-state index in [-0.39, 0.29) is 74.4 Å². The Morgan fingerprint density at radius 3 is 1.25 bits per heavy atom. The first-order valence-corrected chi connectivity index (χ1v) is 0. The summed E-state index contributed by atoms with van der Waals surface area (Å²) < 4.78 is 0. The van der Waals surface area contributed by atoms with Crippen LogP contribution in [0.1, 0.15) is 2.85 Å². The van der Waals surface area contributed by atoms with Gasteiger partial charge in [0.15, 0.2) is 0 Å². The van der Waals surface area contributed by atoms with Crippen molar-refractivity contribution in [1.29, 1.82) is 0 Å². The van der Waals surface area contributed by atoms with E-state index >= 15 is 0 Å². The van der Waals surface area contributed by atoms with Crippen LogP contribution >= 0.6 is 0 Å². The van der Waals surface area contributed by atoms with Crippen LogP contribution in [0.25, 0.3) is 0 Å². The molecule has 0 aliphatic carbocycles. The van der Waals surface area contributed by atoms with Gasteiger partial charge in [-0.05, 0) is 0 Å². The maximum absolute atomic E-state index is 0. The van der Waals surface area contributed by atoms with Crippen molar-refractivity contribution >= 4 is 34.0 Å². The summed E-state index contributed by atoms with van der Waals surface area (Å²) >= 11 is 0. The Morgan fingerprint density at radius 1 is 1.25 bits per heavy atom. The minimum Gasteiger partial charge on any atom is -1.00 e. The van der Waals surface area contributed by atoms with Crippen molar-refractivity contribution in [2.45, 2.75) is 0 Å². The molecule has 0 fully saturated rings. The van der Waals surface area contributed by atoms with Crippen LogP contribution in [0.3, 0.4) is 0 Å². The predicted molar refractivity (Wildman–Crippen MR) is 13.7 cm³/mol. The molecule has 24 valence electrons. The van der Waals surface area contributed by atoms with Gasteiger partial charge in [-0.1, -0.05) is 0 Å². The van der Waals surface area contributed by atoms with E-state index in [0.29, 0.717) is 0 Å².